The minimum absolute atomic E-state index is 0.677. The second-order valence-corrected chi connectivity index (χ2v) is 9.19. The fraction of sp³-hybridized carbons (Fsp3) is 0.667. The van der Waals surface area contributed by atoms with Crippen molar-refractivity contribution in [1.29, 1.82) is 0 Å². The first-order valence-electron chi connectivity index (χ1n) is 12.5. The predicted octanol–water partition coefficient (Wildman–Crippen LogP) is 1.99. The molecule has 2 N–H and O–H groups in total. The van der Waals surface area contributed by atoms with Crippen LogP contribution < -0.4 is 25.0 Å². The largest absolute Gasteiger partial charge is 0.493 e. The number of likely N-dealkylation sites (tertiary alicyclic amines) is 1. The summed E-state index contributed by atoms with van der Waals surface area (Å²) >= 11 is 0. The summed E-state index contributed by atoms with van der Waals surface area (Å²) in [7, 11) is 1.70. The quantitative estimate of drug-likeness (QED) is 0.523. The summed E-state index contributed by atoms with van der Waals surface area (Å²) in [5.41, 5.74) is 0.894. The lowest BCUT2D eigenvalue weighted by atomic mass is 10.2. The van der Waals surface area contributed by atoms with Gasteiger partial charge >= 0.3 is 0 Å². The van der Waals surface area contributed by atoms with Crippen molar-refractivity contribution in [2.45, 2.75) is 25.7 Å². The first-order valence-corrected chi connectivity index (χ1v) is 12.5. The molecular formula is C24H37N7O2. The standard InChI is InChI=1S/C24H37N7O2/c1-32-21-16-19-20(17-22(21)33-15-5-10-29-8-2-3-9-29)27-24(31-11-4-12-31)28-23(19)26-18-30-13-6-25-7-14-30/h16-17,25H,2-15,18H2,1H3,(H,26,27,28). The van der Waals surface area contributed by atoms with E-state index in [0.717, 1.165) is 93.1 Å². The topological polar surface area (TPSA) is 78.0 Å². The van der Waals surface area contributed by atoms with E-state index in [1.54, 1.807) is 7.11 Å². The summed E-state index contributed by atoms with van der Waals surface area (Å²) in [5, 5.41) is 7.95. The zero-order valence-corrected chi connectivity index (χ0v) is 19.8. The Kier molecular flexibility index (Phi) is 7.28. The second-order valence-electron chi connectivity index (χ2n) is 9.19. The van der Waals surface area contributed by atoms with Gasteiger partial charge in [-0.3, -0.25) is 4.90 Å². The van der Waals surface area contributed by atoms with Gasteiger partial charge in [-0.15, -0.1) is 0 Å². The van der Waals surface area contributed by atoms with Crippen molar-refractivity contribution in [3.8, 4) is 11.5 Å². The van der Waals surface area contributed by atoms with Crippen LogP contribution in [0.25, 0.3) is 10.9 Å². The Morgan fingerprint density at radius 2 is 1.76 bits per heavy atom. The molecule has 3 fully saturated rings. The smallest absolute Gasteiger partial charge is 0.227 e. The van der Waals surface area contributed by atoms with Crippen LogP contribution in [0, 0.1) is 0 Å². The van der Waals surface area contributed by atoms with Crippen LogP contribution >= 0.6 is 0 Å². The van der Waals surface area contributed by atoms with E-state index >= 15 is 0 Å². The van der Waals surface area contributed by atoms with Gasteiger partial charge in [-0.2, -0.15) is 4.98 Å². The number of nitrogens with zero attached hydrogens (tertiary/aromatic N) is 5. The molecule has 9 nitrogen and oxygen atoms in total. The van der Waals surface area contributed by atoms with Gasteiger partial charge in [0, 0.05) is 57.3 Å². The number of benzene rings is 1. The number of ether oxygens (including phenoxy) is 2. The number of anilines is 2. The van der Waals surface area contributed by atoms with E-state index in [4.69, 9.17) is 19.4 Å². The molecule has 0 aliphatic carbocycles. The molecule has 0 unspecified atom stereocenters. The number of fused-ring (bicyclic) bond motifs is 1. The fourth-order valence-electron chi connectivity index (χ4n) is 4.72. The number of hydrogen-bond donors (Lipinski definition) is 2. The Morgan fingerprint density at radius 1 is 0.939 bits per heavy atom. The van der Waals surface area contributed by atoms with Crippen molar-refractivity contribution in [3.63, 3.8) is 0 Å². The lowest BCUT2D eigenvalue weighted by molar-refractivity contribution is 0.254. The summed E-state index contributed by atoms with van der Waals surface area (Å²) < 4.78 is 11.9. The highest BCUT2D eigenvalue weighted by atomic mass is 16.5. The van der Waals surface area contributed by atoms with Gasteiger partial charge in [0.15, 0.2) is 11.5 Å². The SMILES string of the molecule is COc1cc2c(NCN3CCNCC3)nc(N3CCC3)nc2cc1OCCCN1CCCC1. The van der Waals surface area contributed by atoms with Crippen molar-refractivity contribution < 1.29 is 9.47 Å². The van der Waals surface area contributed by atoms with Crippen LogP contribution in [-0.2, 0) is 0 Å². The van der Waals surface area contributed by atoms with Crippen LogP contribution in [0.5, 0.6) is 11.5 Å². The molecule has 3 aliphatic rings. The average Bonchev–Trinajstić information content (AvgIpc) is 3.33. The Balaban J connectivity index is 1.34. The highest BCUT2D eigenvalue weighted by Gasteiger charge is 2.21. The molecule has 0 amide bonds. The van der Waals surface area contributed by atoms with Gasteiger partial charge in [-0.1, -0.05) is 0 Å². The fourth-order valence-corrected chi connectivity index (χ4v) is 4.72. The minimum Gasteiger partial charge on any atom is -0.493 e. The van der Waals surface area contributed by atoms with Gasteiger partial charge in [-0.25, -0.2) is 4.98 Å². The number of hydrogen-bond acceptors (Lipinski definition) is 9. The molecule has 9 heteroatoms. The lowest BCUT2D eigenvalue weighted by Crippen LogP contribution is -2.45. The van der Waals surface area contributed by atoms with E-state index in [-0.39, 0.29) is 0 Å². The molecule has 5 rings (SSSR count). The van der Waals surface area contributed by atoms with E-state index in [1.165, 1.54) is 32.4 Å². The zero-order chi connectivity index (χ0) is 22.5. The zero-order valence-electron chi connectivity index (χ0n) is 19.8. The summed E-state index contributed by atoms with van der Waals surface area (Å²) in [6.45, 7) is 11.1. The van der Waals surface area contributed by atoms with Crippen molar-refractivity contribution >= 4 is 22.7 Å². The van der Waals surface area contributed by atoms with Crippen LogP contribution in [0.15, 0.2) is 12.1 Å². The number of nitrogens with one attached hydrogen (secondary N) is 2. The third-order valence-corrected chi connectivity index (χ3v) is 6.86. The molecule has 2 aromatic rings. The molecule has 1 aromatic heterocycles. The van der Waals surface area contributed by atoms with Crippen molar-refractivity contribution in [1.82, 2.24) is 25.1 Å². The van der Waals surface area contributed by atoms with Crippen molar-refractivity contribution in [2.75, 3.05) is 89.5 Å². The molecule has 4 heterocycles. The lowest BCUT2D eigenvalue weighted by Gasteiger charge is -2.32. The van der Waals surface area contributed by atoms with E-state index in [1.807, 2.05) is 12.1 Å². The van der Waals surface area contributed by atoms with Crippen LogP contribution in [0.1, 0.15) is 25.7 Å². The van der Waals surface area contributed by atoms with Gasteiger partial charge < -0.3 is 29.9 Å². The Hall–Kier alpha value is -2.36. The molecule has 180 valence electrons. The van der Waals surface area contributed by atoms with Gasteiger partial charge in [0.1, 0.15) is 5.82 Å². The monoisotopic (exact) mass is 455 g/mol. The molecule has 3 aliphatic heterocycles. The molecule has 0 saturated carbocycles. The maximum Gasteiger partial charge on any atom is 0.227 e. The molecule has 3 saturated heterocycles. The first kappa shape index (κ1) is 22.4. The van der Waals surface area contributed by atoms with Crippen LogP contribution in [-0.4, -0.2) is 99.1 Å². The number of methoxy groups -OCH3 is 1. The van der Waals surface area contributed by atoms with E-state index in [2.05, 4.69) is 25.3 Å². The molecule has 1 aromatic carbocycles. The summed E-state index contributed by atoms with van der Waals surface area (Å²) in [5.74, 6) is 3.14. The number of rotatable bonds is 10. The predicted molar refractivity (Wildman–Crippen MR) is 132 cm³/mol. The molecule has 0 spiro atoms. The highest BCUT2D eigenvalue weighted by molar-refractivity contribution is 5.92. The highest BCUT2D eigenvalue weighted by Crippen LogP contribution is 2.36. The van der Waals surface area contributed by atoms with Crippen LogP contribution in [0.2, 0.25) is 0 Å². The third kappa shape index (κ3) is 5.42. The normalized spacial score (nSPS) is 19.6. The van der Waals surface area contributed by atoms with Crippen molar-refractivity contribution in [3.05, 3.63) is 12.1 Å². The molecule has 0 radical (unpaired) electrons. The van der Waals surface area contributed by atoms with E-state index in [0.29, 0.717) is 6.61 Å². The maximum absolute atomic E-state index is 6.17. The van der Waals surface area contributed by atoms with Gasteiger partial charge in [0.05, 0.1) is 25.9 Å². The minimum atomic E-state index is 0.677. The Morgan fingerprint density at radius 3 is 2.48 bits per heavy atom. The summed E-state index contributed by atoms with van der Waals surface area (Å²) in [6.07, 6.45) is 4.85. The molecule has 0 bridgehead atoms. The van der Waals surface area contributed by atoms with Crippen molar-refractivity contribution in [2.24, 2.45) is 0 Å². The summed E-state index contributed by atoms with van der Waals surface area (Å²) in [4.78, 5) is 16.9. The van der Waals surface area contributed by atoms with E-state index in [9.17, 15) is 0 Å². The molecule has 33 heavy (non-hydrogen) atoms. The third-order valence-electron chi connectivity index (χ3n) is 6.86. The Labute approximate surface area is 196 Å². The van der Waals surface area contributed by atoms with E-state index < -0.39 is 0 Å². The van der Waals surface area contributed by atoms with Crippen LogP contribution in [0.3, 0.4) is 0 Å². The van der Waals surface area contributed by atoms with Gasteiger partial charge in [-0.05, 0) is 44.8 Å². The van der Waals surface area contributed by atoms with Crippen LogP contribution in [0.4, 0.5) is 11.8 Å². The van der Waals surface area contributed by atoms with Gasteiger partial charge in [0.2, 0.25) is 5.95 Å². The first-order chi connectivity index (χ1) is 16.3. The maximum atomic E-state index is 6.17. The average molecular weight is 456 g/mol. The molecular weight excluding hydrogens is 418 g/mol. The molecule has 0 atom stereocenters. The Bertz CT molecular complexity index is 925. The second kappa shape index (κ2) is 10.7. The number of aromatic nitrogens is 2. The van der Waals surface area contributed by atoms with Gasteiger partial charge in [0.25, 0.3) is 0 Å². The number of piperazine rings is 1. The summed E-state index contributed by atoms with van der Waals surface area (Å²) in [6, 6.07) is 4.04.